The second-order valence-corrected chi connectivity index (χ2v) is 7.53. The van der Waals surface area contributed by atoms with Crippen LogP contribution < -0.4 is 11.0 Å². The van der Waals surface area contributed by atoms with Crippen LogP contribution in [0.15, 0.2) is 53.3 Å². The Kier molecular flexibility index (Phi) is 5.66. The minimum absolute atomic E-state index is 0.0373. The minimum atomic E-state index is -0.490. The number of benzene rings is 2. The maximum Gasteiger partial charge on any atom is 0.346 e. The van der Waals surface area contributed by atoms with Crippen molar-refractivity contribution in [2.24, 2.45) is 0 Å². The van der Waals surface area contributed by atoms with Gasteiger partial charge in [-0.3, -0.25) is 14.2 Å². The molecule has 4 rings (SSSR count). The highest BCUT2D eigenvalue weighted by atomic mass is 19.1. The van der Waals surface area contributed by atoms with Crippen molar-refractivity contribution in [1.82, 2.24) is 24.6 Å². The smallest absolute Gasteiger partial charge is 0.346 e. The van der Waals surface area contributed by atoms with Crippen molar-refractivity contribution in [3.63, 3.8) is 0 Å². The molecule has 0 radical (unpaired) electrons. The van der Waals surface area contributed by atoms with E-state index in [-0.39, 0.29) is 30.6 Å². The molecule has 9 heteroatoms. The molecule has 0 unspecified atom stereocenters. The Morgan fingerprint density at radius 2 is 1.87 bits per heavy atom. The molecule has 0 atom stereocenters. The summed E-state index contributed by atoms with van der Waals surface area (Å²) < 4.78 is 15.3. The second-order valence-electron chi connectivity index (χ2n) is 7.53. The molecule has 0 saturated carbocycles. The van der Waals surface area contributed by atoms with Crippen molar-refractivity contribution in [2.75, 3.05) is 6.54 Å². The molecule has 31 heavy (non-hydrogen) atoms. The molecule has 0 bridgehead atoms. The highest BCUT2D eigenvalue weighted by Gasteiger charge is 2.30. The van der Waals surface area contributed by atoms with Gasteiger partial charge in [-0.1, -0.05) is 42.0 Å². The Morgan fingerprint density at radius 1 is 1.10 bits per heavy atom. The van der Waals surface area contributed by atoms with Crippen LogP contribution in [-0.4, -0.2) is 37.6 Å². The molecule has 2 heterocycles. The van der Waals surface area contributed by atoms with Gasteiger partial charge in [-0.25, -0.2) is 13.9 Å². The van der Waals surface area contributed by atoms with E-state index in [1.807, 2.05) is 31.2 Å². The van der Waals surface area contributed by atoms with Crippen molar-refractivity contribution in [3.8, 4) is 0 Å². The number of nitrogens with one attached hydrogen (secondary N) is 1. The van der Waals surface area contributed by atoms with E-state index in [0.29, 0.717) is 19.6 Å². The molecule has 0 fully saturated rings. The fraction of sp³-hybridized carbons (Fsp3) is 0.273. The van der Waals surface area contributed by atoms with Crippen molar-refractivity contribution in [2.45, 2.75) is 33.1 Å². The average molecular weight is 423 g/mol. The molecule has 160 valence electrons. The van der Waals surface area contributed by atoms with Crippen molar-refractivity contribution in [1.29, 1.82) is 0 Å². The molecule has 8 nitrogen and oxygen atoms in total. The van der Waals surface area contributed by atoms with E-state index < -0.39 is 11.6 Å². The van der Waals surface area contributed by atoms with Crippen LogP contribution in [0.3, 0.4) is 0 Å². The average Bonchev–Trinajstić information content (AvgIpc) is 3.06. The Labute approximate surface area is 177 Å². The lowest BCUT2D eigenvalue weighted by Gasteiger charge is -2.26. The standard InChI is InChI=1S/C22H22FN5O3/c1-15-3-2-4-17(11-15)13-26-9-10-27-20(21(26)30)25-28(22(27)31)14-19(29)24-12-16-5-7-18(23)8-6-16/h2-8,11H,9-10,12-14H2,1H3,(H,24,29). The van der Waals surface area contributed by atoms with Gasteiger partial charge < -0.3 is 10.2 Å². The third kappa shape index (κ3) is 4.55. The van der Waals surface area contributed by atoms with Crippen LogP contribution in [0.5, 0.6) is 0 Å². The van der Waals surface area contributed by atoms with Crippen molar-refractivity contribution < 1.29 is 14.0 Å². The molecular formula is C22H22FN5O3. The number of carbonyl (C=O) groups is 2. The summed E-state index contributed by atoms with van der Waals surface area (Å²) >= 11 is 0. The lowest BCUT2D eigenvalue weighted by molar-refractivity contribution is -0.122. The Bertz CT molecular complexity index is 1180. The molecule has 1 aromatic heterocycles. The molecule has 0 aliphatic carbocycles. The molecule has 2 aromatic carbocycles. The number of fused-ring (bicyclic) bond motifs is 1. The predicted molar refractivity (Wildman–Crippen MR) is 111 cm³/mol. The number of halogens is 1. The number of nitrogens with zero attached hydrogens (tertiary/aromatic N) is 4. The van der Waals surface area contributed by atoms with Crippen LogP contribution in [0.2, 0.25) is 0 Å². The molecule has 1 N–H and O–H groups in total. The van der Waals surface area contributed by atoms with Crippen LogP contribution in [0.4, 0.5) is 4.39 Å². The van der Waals surface area contributed by atoms with Crippen molar-refractivity contribution in [3.05, 3.63) is 87.3 Å². The topological polar surface area (TPSA) is 89.2 Å². The zero-order valence-corrected chi connectivity index (χ0v) is 17.0. The summed E-state index contributed by atoms with van der Waals surface area (Å²) in [5, 5.41) is 6.78. The number of aromatic nitrogens is 3. The largest absolute Gasteiger partial charge is 0.350 e. The van der Waals surface area contributed by atoms with Gasteiger partial charge in [-0.05, 0) is 30.2 Å². The van der Waals surface area contributed by atoms with Crippen LogP contribution in [-0.2, 0) is 31.0 Å². The van der Waals surface area contributed by atoms with Gasteiger partial charge in [0.05, 0.1) is 0 Å². The summed E-state index contributed by atoms with van der Waals surface area (Å²) in [7, 11) is 0. The first kappa shape index (κ1) is 20.5. The van der Waals surface area contributed by atoms with Gasteiger partial charge in [-0.15, -0.1) is 5.10 Å². The first-order valence-corrected chi connectivity index (χ1v) is 9.94. The molecular weight excluding hydrogens is 401 g/mol. The number of carbonyl (C=O) groups excluding carboxylic acids is 2. The zero-order chi connectivity index (χ0) is 22.0. The van der Waals surface area contributed by atoms with E-state index in [2.05, 4.69) is 10.4 Å². The third-order valence-electron chi connectivity index (χ3n) is 5.15. The summed E-state index contributed by atoms with van der Waals surface area (Å²) in [6.07, 6.45) is 0. The number of amides is 2. The monoisotopic (exact) mass is 423 g/mol. The second kappa shape index (κ2) is 8.55. The van der Waals surface area contributed by atoms with Crippen LogP contribution in [0, 0.1) is 12.7 Å². The van der Waals surface area contributed by atoms with Gasteiger partial charge in [0, 0.05) is 26.2 Å². The maximum absolute atomic E-state index is 13.0. The van der Waals surface area contributed by atoms with Gasteiger partial charge in [0.1, 0.15) is 12.4 Å². The number of aryl methyl sites for hydroxylation is 1. The Hall–Kier alpha value is -3.75. The van der Waals surface area contributed by atoms with Crippen LogP contribution in [0.1, 0.15) is 27.3 Å². The number of hydrogen-bond acceptors (Lipinski definition) is 4. The fourth-order valence-electron chi connectivity index (χ4n) is 3.54. The number of hydrogen-bond donors (Lipinski definition) is 1. The fourth-order valence-corrected chi connectivity index (χ4v) is 3.54. The summed E-state index contributed by atoms with van der Waals surface area (Å²) in [6.45, 7) is 3.03. The van der Waals surface area contributed by atoms with E-state index in [0.717, 1.165) is 21.4 Å². The number of rotatable bonds is 6. The molecule has 0 spiro atoms. The molecule has 1 aliphatic heterocycles. The zero-order valence-electron chi connectivity index (χ0n) is 17.0. The molecule has 2 amide bonds. The van der Waals surface area contributed by atoms with Crippen LogP contribution >= 0.6 is 0 Å². The van der Waals surface area contributed by atoms with Gasteiger partial charge in [0.15, 0.2) is 0 Å². The summed E-state index contributed by atoms with van der Waals surface area (Å²) in [5.74, 6) is -1.08. The Morgan fingerprint density at radius 3 is 2.61 bits per heavy atom. The highest BCUT2D eigenvalue weighted by molar-refractivity contribution is 5.91. The van der Waals surface area contributed by atoms with E-state index in [4.69, 9.17) is 0 Å². The lowest BCUT2D eigenvalue weighted by atomic mass is 10.1. The summed E-state index contributed by atoms with van der Waals surface area (Å²) in [4.78, 5) is 39.3. The van der Waals surface area contributed by atoms with E-state index in [1.54, 1.807) is 17.0 Å². The molecule has 1 aliphatic rings. The van der Waals surface area contributed by atoms with Gasteiger partial charge in [0.25, 0.3) is 5.91 Å². The van der Waals surface area contributed by atoms with Crippen molar-refractivity contribution >= 4 is 11.8 Å². The van der Waals surface area contributed by atoms with Gasteiger partial charge in [0.2, 0.25) is 11.7 Å². The Balaban J connectivity index is 1.42. The van der Waals surface area contributed by atoms with Gasteiger partial charge >= 0.3 is 5.69 Å². The lowest BCUT2D eigenvalue weighted by Crippen LogP contribution is -2.42. The SMILES string of the molecule is Cc1cccc(CN2CCn3c(nn(CC(=O)NCc4ccc(F)cc4)c3=O)C2=O)c1. The summed E-state index contributed by atoms with van der Waals surface area (Å²) in [6, 6.07) is 13.6. The first-order chi connectivity index (χ1) is 14.9. The first-order valence-electron chi connectivity index (χ1n) is 9.94. The van der Waals surface area contributed by atoms with Crippen LogP contribution in [0.25, 0.3) is 0 Å². The summed E-state index contributed by atoms with van der Waals surface area (Å²) in [5.41, 5.74) is 2.35. The predicted octanol–water partition coefficient (Wildman–Crippen LogP) is 1.46. The van der Waals surface area contributed by atoms with E-state index in [9.17, 15) is 18.8 Å². The van der Waals surface area contributed by atoms with E-state index >= 15 is 0 Å². The molecule has 3 aromatic rings. The molecule has 0 saturated heterocycles. The van der Waals surface area contributed by atoms with Gasteiger partial charge in [-0.2, -0.15) is 0 Å². The maximum atomic E-state index is 13.0. The normalized spacial score (nSPS) is 13.2. The van der Waals surface area contributed by atoms with E-state index in [1.165, 1.54) is 16.7 Å². The highest BCUT2D eigenvalue weighted by Crippen LogP contribution is 2.14. The third-order valence-corrected chi connectivity index (χ3v) is 5.15. The minimum Gasteiger partial charge on any atom is -0.350 e. The quantitative estimate of drug-likeness (QED) is 0.650.